The van der Waals surface area contributed by atoms with Gasteiger partial charge in [-0.1, -0.05) is 0 Å². The molecule has 0 aliphatic rings. The van der Waals surface area contributed by atoms with Crippen molar-refractivity contribution in [1.29, 1.82) is 0 Å². The van der Waals surface area contributed by atoms with Gasteiger partial charge in [0.05, 0.1) is 17.3 Å². The fraction of sp³-hybridized carbons (Fsp3) is 0.111. The van der Waals surface area contributed by atoms with Crippen LogP contribution in [0.25, 0.3) is 5.52 Å². The number of aromatic nitrogens is 2. The molecule has 0 fully saturated rings. The molecule has 0 aromatic carbocycles. The predicted octanol–water partition coefficient (Wildman–Crippen LogP) is 0.742. The Morgan fingerprint density at radius 3 is 3.08 bits per heavy atom. The highest BCUT2D eigenvalue weighted by Crippen LogP contribution is 2.11. The molecule has 2 heterocycles. The van der Waals surface area contributed by atoms with Gasteiger partial charge in [-0.25, -0.2) is 4.52 Å². The fourth-order valence-corrected chi connectivity index (χ4v) is 1.28. The highest BCUT2D eigenvalue weighted by Gasteiger charge is 2.08. The van der Waals surface area contributed by atoms with E-state index in [2.05, 4.69) is 5.10 Å². The third kappa shape index (κ3) is 1.16. The molecule has 1 amide bonds. The van der Waals surface area contributed by atoms with Crippen molar-refractivity contribution >= 4 is 11.4 Å². The Morgan fingerprint density at radius 2 is 2.38 bits per heavy atom. The van der Waals surface area contributed by atoms with Crippen molar-refractivity contribution in [1.82, 2.24) is 9.61 Å². The van der Waals surface area contributed by atoms with Crippen LogP contribution in [0.4, 0.5) is 0 Å². The fourth-order valence-electron chi connectivity index (χ4n) is 1.28. The van der Waals surface area contributed by atoms with Crippen LogP contribution in [0.5, 0.6) is 0 Å². The molecule has 2 rings (SSSR count). The van der Waals surface area contributed by atoms with Gasteiger partial charge >= 0.3 is 0 Å². The Kier molecular flexibility index (Phi) is 1.55. The average molecular weight is 175 g/mol. The zero-order valence-corrected chi connectivity index (χ0v) is 7.19. The van der Waals surface area contributed by atoms with E-state index in [1.54, 1.807) is 10.7 Å². The van der Waals surface area contributed by atoms with Crippen molar-refractivity contribution in [3.05, 3.63) is 35.7 Å². The number of pyridine rings is 1. The number of rotatable bonds is 1. The largest absolute Gasteiger partial charge is 0.365 e. The van der Waals surface area contributed by atoms with Crippen LogP contribution in [-0.2, 0) is 0 Å². The van der Waals surface area contributed by atoms with Gasteiger partial charge in [-0.05, 0) is 24.6 Å². The van der Waals surface area contributed by atoms with Crippen LogP contribution < -0.4 is 5.73 Å². The molecule has 2 aromatic rings. The summed E-state index contributed by atoms with van der Waals surface area (Å²) < 4.78 is 1.63. The van der Waals surface area contributed by atoms with E-state index in [0.717, 1.165) is 11.1 Å². The number of hydrogen-bond acceptors (Lipinski definition) is 2. The summed E-state index contributed by atoms with van der Waals surface area (Å²) in [6.07, 6.45) is 3.29. The van der Waals surface area contributed by atoms with Gasteiger partial charge in [-0.3, -0.25) is 4.79 Å². The Balaban J connectivity index is 2.79. The Labute approximate surface area is 75.0 Å². The molecule has 13 heavy (non-hydrogen) atoms. The number of amides is 1. The zero-order chi connectivity index (χ0) is 9.42. The minimum absolute atomic E-state index is 0.444. The molecule has 0 unspecified atom stereocenters. The van der Waals surface area contributed by atoms with E-state index in [-0.39, 0.29) is 0 Å². The summed E-state index contributed by atoms with van der Waals surface area (Å²) in [7, 11) is 0. The van der Waals surface area contributed by atoms with Gasteiger partial charge in [-0.2, -0.15) is 5.10 Å². The summed E-state index contributed by atoms with van der Waals surface area (Å²) in [5.74, 6) is -0.444. The van der Waals surface area contributed by atoms with Crippen LogP contribution in [0.2, 0.25) is 0 Å². The molecule has 0 spiro atoms. The van der Waals surface area contributed by atoms with Crippen LogP contribution in [0.15, 0.2) is 24.5 Å². The van der Waals surface area contributed by atoms with Crippen LogP contribution in [0, 0.1) is 6.92 Å². The van der Waals surface area contributed by atoms with Gasteiger partial charge in [0.15, 0.2) is 0 Å². The van der Waals surface area contributed by atoms with Crippen molar-refractivity contribution in [2.24, 2.45) is 5.73 Å². The summed E-state index contributed by atoms with van der Waals surface area (Å²) in [5, 5.41) is 4.00. The maximum absolute atomic E-state index is 11.0. The lowest BCUT2D eigenvalue weighted by Crippen LogP contribution is -2.10. The molecule has 0 saturated carbocycles. The normalized spacial score (nSPS) is 10.5. The molecule has 4 nitrogen and oxygen atoms in total. The topological polar surface area (TPSA) is 60.4 Å². The smallest absolute Gasteiger partial charge is 0.252 e. The number of nitrogens with two attached hydrogens (primary N) is 1. The molecule has 0 radical (unpaired) electrons. The van der Waals surface area contributed by atoms with E-state index in [0.29, 0.717) is 5.56 Å². The molecule has 0 aliphatic carbocycles. The first-order valence-electron chi connectivity index (χ1n) is 3.92. The molecule has 0 bridgehead atoms. The molecule has 2 N–H and O–H groups in total. The Hall–Kier alpha value is -1.84. The van der Waals surface area contributed by atoms with Crippen LogP contribution >= 0.6 is 0 Å². The van der Waals surface area contributed by atoms with Gasteiger partial charge in [0, 0.05) is 6.20 Å². The molecule has 66 valence electrons. The third-order valence-corrected chi connectivity index (χ3v) is 1.94. The zero-order valence-electron chi connectivity index (χ0n) is 7.19. The van der Waals surface area contributed by atoms with Crippen molar-refractivity contribution in [3.8, 4) is 0 Å². The van der Waals surface area contributed by atoms with Gasteiger partial charge in [-0.15, -0.1) is 0 Å². The first kappa shape index (κ1) is 7.79. The summed E-state index contributed by atoms with van der Waals surface area (Å²) in [6, 6.07) is 3.80. The molecular weight excluding hydrogens is 166 g/mol. The van der Waals surface area contributed by atoms with Crippen LogP contribution in [0.1, 0.15) is 15.9 Å². The highest BCUT2D eigenvalue weighted by atomic mass is 16.1. The second-order valence-electron chi connectivity index (χ2n) is 2.96. The first-order chi connectivity index (χ1) is 6.18. The second-order valence-corrected chi connectivity index (χ2v) is 2.96. The number of fused-ring (bicyclic) bond motifs is 1. The average Bonchev–Trinajstić information content (AvgIpc) is 2.46. The third-order valence-electron chi connectivity index (χ3n) is 1.94. The van der Waals surface area contributed by atoms with Gasteiger partial charge in [0.2, 0.25) is 0 Å². The number of hydrogen-bond donors (Lipinski definition) is 1. The second kappa shape index (κ2) is 2.58. The summed E-state index contributed by atoms with van der Waals surface area (Å²) >= 11 is 0. The Morgan fingerprint density at radius 1 is 1.62 bits per heavy atom. The van der Waals surface area contributed by atoms with Crippen molar-refractivity contribution in [2.45, 2.75) is 6.92 Å². The summed E-state index contributed by atoms with van der Waals surface area (Å²) in [5.41, 5.74) is 7.48. The maximum atomic E-state index is 11.0. The number of carbonyl (C=O) groups is 1. The molecule has 0 aliphatic heterocycles. The number of carbonyl (C=O) groups excluding carboxylic acids is 1. The van der Waals surface area contributed by atoms with E-state index in [1.165, 1.54) is 6.20 Å². The molecular formula is C9H9N3O. The monoisotopic (exact) mass is 175 g/mol. The standard InChI is InChI=1S/C9H9N3O/c1-6-2-3-12-8(4-6)7(5-11-12)9(10)13/h2-5H,1H3,(H2,10,13). The molecule has 4 heteroatoms. The first-order valence-corrected chi connectivity index (χ1v) is 3.92. The molecule has 0 saturated heterocycles. The van der Waals surface area contributed by atoms with E-state index in [1.807, 2.05) is 19.1 Å². The van der Waals surface area contributed by atoms with E-state index >= 15 is 0 Å². The maximum Gasteiger partial charge on any atom is 0.252 e. The molecule has 2 aromatic heterocycles. The minimum atomic E-state index is -0.444. The Bertz CT molecular complexity index is 473. The van der Waals surface area contributed by atoms with Crippen molar-refractivity contribution < 1.29 is 4.79 Å². The predicted molar refractivity (Wildman–Crippen MR) is 48.4 cm³/mol. The van der Waals surface area contributed by atoms with Crippen LogP contribution in [0.3, 0.4) is 0 Å². The van der Waals surface area contributed by atoms with Crippen LogP contribution in [-0.4, -0.2) is 15.5 Å². The lowest BCUT2D eigenvalue weighted by Gasteiger charge is -1.95. The van der Waals surface area contributed by atoms with Crippen molar-refractivity contribution in [2.75, 3.05) is 0 Å². The van der Waals surface area contributed by atoms with Crippen molar-refractivity contribution in [3.63, 3.8) is 0 Å². The quantitative estimate of drug-likeness (QED) is 0.694. The van der Waals surface area contributed by atoms with E-state index in [4.69, 9.17) is 5.73 Å². The number of aryl methyl sites for hydroxylation is 1. The number of nitrogens with zero attached hydrogens (tertiary/aromatic N) is 2. The van der Waals surface area contributed by atoms with Gasteiger partial charge < -0.3 is 5.73 Å². The molecule has 0 atom stereocenters. The summed E-state index contributed by atoms with van der Waals surface area (Å²) in [4.78, 5) is 11.0. The number of primary amides is 1. The van der Waals surface area contributed by atoms with E-state index in [9.17, 15) is 4.79 Å². The van der Waals surface area contributed by atoms with Gasteiger partial charge in [0.1, 0.15) is 0 Å². The SMILES string of the molecule is Cc1ccn2ncc(C(N)=O)c2c1. The van der Waals surface area contributed by atoms with Gasteiger partial charge in [0.25, 0.3) is 5.91 Å². The summed E-state index contributed by atoms with van der Waals surface area (Å²) in [6.45, 7) is 1.96. The minimum Gasteiger partial charge on any atom is -0.365 e. The lowest BCUT2D eigenvalue weighted by molar-refractivity contribution is 0.100. The highest BCUT2D eigenvalue weighted by molar-refractivity contribution is 5.99. The van der Waals surface area contributed by atoms with E-state index < -0.39 is 5.91 Å². The lowest BCUT2D eigenvalue weighted by atomic mass is 10.2.